The lowest BCUT2D eigenvalue weighted by Crippen LogP contribution is -2.51. The molecule has 140 valence electrons. The van der Waals surface area contributed by atoms with Crippen molar-refractivity contribution in [2.24, 2.45) is 0 Å². The molecule has 0 aliphatic carbocycles. The predicted molar refractivity (Wildman–Crippen MR) is 98.9 cm³/mol. The summed E-state index contributed by atoms with van der Waals surface area (Å²) in [5, 5.41) is 3.46. The van der Waals surface area contributed by atoms with Crippen LogP contribution >= 0.6 is 0 Å². The maximum atomic E-state index is 12.6. The molecular weight excluding hydrogens is 338 g/mol. The van der Waals surface area contributed by atoms with Crippen molar-refractivity contribution < 1.29 is 13.2 Å². The van der Waals surface area contributed by atoms with Crippen LogP contribution in [0.15, 0.2) is 29.2 Å². The van der Waals surface area contributed by atoms with Gasteiger partial charge in [0.05, 0.1) is 11.4 Å². The fourth-order valence-corrected chi connectivity index (χ4v) is 4.20. The van der Waals surface area contributed by atoms with Gasteiger partial charge in [-0.05, 0) is 31.9 Å². The zero-order valence-corrected chi connectivity index (χ0v) is 16.3. The van der Waals surface area contributed by atoms with E-state index in [0.29, 0.717) is 19.1 Å². The minimum absolute atomic E-state index is 0.134. The molecular formula is C18H29N3O3S. The minimum atomic E-state index is -3.65. The van der Waals surface area contributed by atoms with E-state index in [1.165, 1.54) is 7.05 Å². The summed E-state index contributed by atoms with van der Waals surface area (Å²) >= 11 is 0. The summed E-state index contributed by atoms with van der Waals surface area (Å²) in [6.07, 6.45) is 1.98. The highest BCUT2D eigenvalue weighted by atomic mass is 32.2. The molecule has 0 aromatic heterocycles. The third-order valence-electron chi connectivity index (χ3n) is 4.43. The van der Waals surface area contributed by atoms with Crippen LogP contribution in [-0.4, -0.2) is 62.3 Å². The quantitative estimate of drug-likeness (QED) is 0.829. The molecule has 0 spiro atoms. The Morgan fingerprint density at radius 3 is 2.56 bits per heavy atom. The summed E-state index contributed by atoms with van der Waals surface area (Å²) in [7, 11) is -2.19. The average molecular weight is 368 g/mol. The molecule has 1 aliphatic rings. The molecule has 0 saturated carbocycles. The van der Waals surface area contributed by atoms with Gasteiger partial charge < -0.3 is 10.2 Å². The summed E-state index contributed by atoms with van der Waals surface area (Å²) in [5.74, 6) is -0.145. The maximum absolute atomic E-state index is 12.6. The molecule has 1 aromatic rings. The summed E-state index contributed by atoms with van der Waals surface area (Å²) in [6, 6.07) is 7.32. The average Bonchev–Trinajstić information content (AvgIpc) is 2.54. The molecule has 0 unspecified atom stereocenters. The Kier molecular flexibility index (Phi) is 6.59. The van der Waals surface area contributed by atoms with Crippen molar-refractivity contribution in [1.29, 1.82) is 0 Å². The number of hydrogen-bond donors (Lipinski definition) is 1. The molecule has 2 rings (SSSR count). The van der Waals surface area contributed by atoms with Gasteiger partial charge in [-0.2, -0.15) is 4.31 Å². The Bertz CT molecular complexity index is 686. The second kappa shape index (κ2) is 8.29. The van der Waals surface area contributed by atoms with E-state index in [2.05, 4.69) is 19.2 Å². The van der Waals surface area contributed by atoms with Gasteiger partial charge in [-0.15, -0.1) is 0 Å². The van der Waals surface area contributed by atoms with Crippen molar-refractivity contribution in [2.45, 2.75) is 50.6 Å². The fourth-order valence-electron chi connectivity index (χ4n) is 3.08. The SMILES string of the molecule is Cc1ccc(S(=O)(=O)N(C)CC(=O)N2CCC[C@H](NC(C)C)C2)cc1. The first kappa shape index (κ1) is 19.9. The lowest BCUT2D eigenvalue weighted by Gasteiger charge is -2.35. The molecule has 1 aliphatic heterocycles. The van der Waals surface area contributed by atoms with Crippen molar-refractivity contribution in [3.05, 3.63) is 29.8 Å². The first-order chi connectivity index (χ1) is 11.7. The van der Waals surface area contributed by atoms with Gasteiger partial charge in [0.2, 0.25) is 15.9 Å². The van der Waals surface area contributed by atoms with E-state index < -0.39 is 10.0 Å². The van der Waals surface area contributed by atoms with Crippen LogP contribution in [0.2, 0.25) is 0 Å². The number of piperidine rings is 1. The van der Waals surface area contributed by atoms with Crippen molar-refractivity contribution in [2.75, 3.05) is 26.7 Å². The summed E-state index contributed by atoms with van der Waals surface area (Å²) in [5.41, 5.74) is 0.995. The van der Waals surface area contributed by atoms with Crippen molar-refractivity contribution >= 4 is 15.9 Å². The minimum Gasteiger partial charge on any atom is -0.340 e. The number of carbonyl (C=O) groups excluding carboxylic acids is 1. The number of likely N-dealkylation sites (tertiary alicyclic amines) is 1. The Morgan fingerprint density at radius 2 is 1.96 bits per heavy atom. The van der Waals surface area contributed by atoms with E-state index in [-0.39, 0.29) is 23.4 Å². The van der Waals surface area contributed by atoms with Crippen LogP contribution < -0.4 is 5.32 Å². The summed E-state index contributed by atoms with van der Waals surface area (Å²) < 4.78 is 26.4. The zero-order chi connectivity index (χ0) is 18.6. The molecule has 7 heteroatoms. The van der Waals surface area contributed by atoms with Gasteiger partial charge in [0.25, 0.3) is 0 Å². The molecule has 0 bridgehead atoms. The van der Waals surface area contributed by atoms with Gasteiger partial charge >= 0.3 is 0 Å². The molecule has 0 radical (unpaired) electrons. The molecule has 1 amide bonds. The smallest absolute Gasteiger partial charge is 0.243 e. The number of hydrogen-bond acceptors (Lipinski definition) is 4. The molecule has 1 N–H and O–H groups in total. The number of amides is 1. The number of benzene rings is 1. The number of sulfonamides is 1. The number of nitrogens with zero attached hydrogens (tertiary/aromatic N) is 2. The van der Waals surface area contributed by atoms with E-state index in [9.17, 15) is 13.2 Å². The largest absolute Gasteiger partial charge is 0.340 e. The van der Waals surface area contributed by atoms with Gasteiger partial charge in [-0.25, -0.2) is 8.42 Å². The highest BCUT2D eigenvalue weighted by Crippen LogP contribution is 2.16. The third kappa shape index (κ3) is 5.26. The number of aryl methyl sites for hydroxylation is 1. The summed E-state index contributed by atoms with van der Waals surface area (Å²) in [4.78, 5) is 14.5. The standard InChI is InChI=1S/C18H29N3O3S/c1-14(2)19-16-6-5-11-21(12-16)18(22)13-20(4)25(23,24)17-9-7-15(3)8-10-17/h7-10,14,16,19H,5-6,11-13H2,1-4H3/t16-/m0/s1. The normalized spacial score (nSPS) is 18.8. The Labute approximate surface area is 151 Å². The first-order valence-corrected chi connectivity index (χ1v) is 10.2. The highest BCUT2D eigenvalue weighted by molar-refractivity contribution is 7.89. The van der Waals surface area contributed by atoms with E-state index >= 15 is 0 Å². The topological polar surface area (TPSA) is 69.7 Å². The van der Waals surface area contributed by atoms with E-state index in [0.717, 1.165) is 22.7 Å². The Morgan fingerprint density at radius 1 is 1.32 bits per heavy atom. The van der Waals surface area contributed by atoms with Gasteiger partial charge in [-0.3, -0.25) is 4.79 Å². The van der Waals surface area contributed by atoms with Crippen LogP contribution in [0, 0.1) is 6.92 Å². The molecule has 1 atom stereocenters. The molecule has 1 fully saturated rings. The third-order valence-corrected chi connectivity index (χ3v) is 6.25. The van der Waals surface area contributed by atoms with Gasteiger partial charge in [-0.1, -0.05) is 31.5 Å². The van der Waals surface area contributed by atoms with Crippen LogP contribution in [0.1, 0.15) is 32.3 Å². The first-order valence-electron chi connectivity index (χ1n) is 8.77. The monoisotopic (exact) mass is 367 g/mol. The molecule has 1 heterocycles. The van der Waals surface area contributed by atoms with Crippen LogP contribution in [0.25, 0.3) is 0 Å². The van der Waals surface area contributed by atoms with Crippen LogP contribution in [0.5, 0.6) is 0 Å². The molecule has 1 aromatic carbocycles. The van der Waals surface area contributed by atoms with Crippen LogP contribution in [0.4, 0.5) is 0 Å². The predicted octanol–water partition coefficient (Wildman–Crippen LogP) is 1.60. The van der Waals surface area contributed by atoms with Gasteiger partial charge in [0.1, 0.15) is 0 Å². The molecule has 1 saturated heterocycles. The van der Waals surface area contributed by atoms with E-state index in [1.54, 1.807) is 29.2 Å². The lowest BCUT2D eigenvalue weighted by molar-refractivity contribution is -0.132. The second-order valence-corrected chi connectivity index (χ2v) is 9.12. The van der Waals surface area contributed by atoms with Crippen molar-refractivity contribution in [3.8, 4) is 0 Å². The molecule has 6 nitrogen and oxygen atoms in total. The van der Waals surface area contributed by atoms with E-state index in [1.807, 2.05) is 6.92 Å². The Balaban J connectivity index is 2.00. The Hall–Kier alpha value is -1.44. The van der Waals surface area contributed by atoms with E-state index in [4.69, 9.17) is 0 Å². The van der Waals surface area contributed by atoms with Crippen molar-refractivity contribution in [1.82, 2.24) is 14.5 Å². The van der Waals surface area contributed by atoms with Gasteiger partial charge in [0, 0.05) is 32.2 Å². The zero-order valence-electron chi connectivity index (χ0n) is 15.5. The van der Waals surface area contributed by atoms with Crippen molar-refractivity contribution in [3.63, 3.8) is 0 Å². The fraction of sp³-hybridized carbons (Fsp3) is 0.611. The molecule has 25 heavy (non-hydrogen) atoms. The number of carbonyl (C=O) groups is 1. The lowest BCUT2D eigenvalue weighted by atomic mass is 10.0. The van der Waals surface area contributed by atoms with Crippen LogP contribution in [-0.2, 0) is 14.8 Å². The summed E-state index contributed by atoms with van der Waals surface area (Å²) in [6.45, 7) is 7.26. The highest BCUT2D eigenvalue weighted by Gasteiger charge is 2.28. The number of nitrogens with one attached hydrogen (secondary N) is 1. The number of likely N-dealkylation sites (N-methyl/N-ethyl adjacent to an activating group) is 1. The second-order valence-electron chi connectivity index (χ2n) is 7.07. The van der Waals surface area contributed by atoms with Gasteiger partial charge in [0.15, 0.2) is 0 Å². The van der Waals surface area contributed by atoms with Crippen LogP contribution in [0.3, 0.4) is 0 Å². The number of rotatable bonds is 6. The maximum Gasteiger partial charge on any atom is 0.243 e.